The Morgan fingerprint density at radius 1 is 1.47 bits per heavy atom. The highest BCUT2D eigenvalue weighted by atomic mass is 35.5. The van der Waals surface area contributed by atoms with E-state index in [0.717, 1.165) is 0 Å². The number of hydrogen-bond donors (Lipinski definition) is 1. The number of rotatable bonds is 5. The van der Waals surface area contributed by atoms with E-state index in [1.165, 1.54) is 18.2 Å². The molecular weight excluding hydrogens is 275 g/mol. The van der Waals surface area contributed by atoms with Gasteiger partial charge in [-0.1, -0.05) is 22.8 Å². The minimum atomic E-state index is -0.892. The van der Waals surface area contributed by atoms with Crippen LogP contribution >= 0.6 is 11.6 Å². The molecule has 2 aromatic rings. The largest absolute Gasteiger partial charge is 0.481 e. The van der Waals surface area contributed by atoms with Gasteiger partial charge in [-0.15, -0.1) is 0 Å². The molecule has 1 N–H and O–H groups in total. The van der Waals surface area contributed by atoms with Gasteiger partial charge in [-0.3, -0.25) is 4.79 Å². The van der Waals surface area contributed by atoms with E-state index in [9.17, 15) is 9.18 Å². The second-order valence-corrected chi connectivity index (χ2v) is 4.26. The van der Waals surface area contributed by atoms with Crippen LogP contribution in [-0.4, -0.2) is 21.2 Å². The van der Waals surface area contributed by atoms with E-state index >= 15 is 0 Å². The van der Waals surface area contributed by atoms with Gasteiger partial charge in [0.25, 0.3) is 0 Å². The highest BCUT2D eigenvalue weighted by Gasteiger charge is 2.16. The summed E-state index contributed by atoms with van der Waals surface area (Å²) in [7, 11) is 0. The number of carbonyl (C=O) groups is 1. The first-order valence-corrected chi connectivity index (χ1v) is 5.94. The van der Waals surface area contributed by atoms with Crippen LogP contribution in [0.4, 0.5) is 4.39 Å². The van der Waals surface area contributed by atoms with E-state index in [1.807, 2.05) is 0 Å². The Kier molecular flexibility index (Phi) is 4.11. The number of nitrogens with zero attached hydrogens (tertiary/aromatic N) is 2. The smallest absolute Gasteiger partial charge is 0.303 e. The molecule has 0 saturated heterocycles. The molecule has 0 spiro atoms. The van der Waals surface area contributed by atoms with Crippen molar-refractivity contribution in [1.82, 2.24) is 10.1 Å². The molecule has 0 atom stereocenters. The summed E-state index contributed by atoms with van der Waals surface area (Å²) >= 11 is 5.88. The van der Waals surface area contributed by atoms with Gasteiger partial charge in [0.05, 0.1) is 10.6 Å². The second kappa shape index (κ2) is 5.79. The minimum Gasteiger partial charge on any atom is -0.481 e. The van der Waals surface area contributed by atoms with Crippen LogP contribution in [0.15, 0.2) is 22.7 Å². The van der Waals surface area contributed by atoms with Crippen molar-refractivity contribution in [3.63, 3.8) is 0 Å². The molecule has 100 valence electrons. The van der Waals surface area contributed by atoms with Crippen molar-refractivity contribution >= 4 is 17.6 Å². The predicted molar refractivity (Wildman–Crippen MR) is 65.3 cm³/mol. The van der Waals surface area contributed by atoms with Gasteiger partial charge in [0.15, 0.2) is 0 Å². The Morgan fingerprint density at radius 2 is 2.26 bits per heavy atom. The quantitative estimate of drug-likeness (QED) is 0.913. The standard InChI is InChI=1S/C12H10ClFN2O3/c13-7-3-1-4-8(14)11(7)12-15-9(19-16-12)5-2-6-10(17)18/h1,3-4H,2,5-6H2,(H,17,18). The molecule has 0 bridgehead atoms. The average molecular weight is 285 g/mol. The van der Waals surface area contributed by atoms with E-state index in [0.29, 0.717) is 12.8 Å². The topological polar surface area (TPSA) is 76.2 Å². The monoisotopic (exact) mass is 284 g/mol. The zero-order valence-electron chi connectivity index (χ0n) is 9.77. The summed E-state index contributed by atoms with van der Waals surface area (Å²) in [6.07, 6.45) is 0.714. The molecule has 2 rings (SSSR count). The molecule has 0 amide bonds. The number of halogens is 2. The van der Waals surface area contributed by atoms with Crippen LogP contribution in [0.2, 0.25) is 5.02 Å². The van der Waals surface area contributed by atoms with Crippen molar-refractivity contribution in [2.75, 3.05) is 0 Å². The number of benzene rings is 1. The lowest BCUT2D eigenvalue weighted by molar-refractivity contribution is -0.137. The lowest BCUT2D eigenvalue weighted by atomic mass is 10.2. The molecule has 1 aromatic heterocycles. The van der Waals surface area contributed by atoms with Crippen LogP contribution in [0.5, 0.6) is 0 Å². The Balaban J connectivity index is 2.15. The lowest BCUT2D eigenvalue weighted by Crippen LogP contribution is -1.96. The number of carboxylic acid groups (broad SMARTS) is 1. The number of hydrogen-bond acceptors (Lipinski definition) is 4. The molecule has 5 nitrogen and oxygen atoms in total. The number of aryl methyl sites for hydroxylation is 1. The molecule has 0 radical (unpaired) electrons. The molecule has 19 heavy (non-hydrogen) atoms. The van der Waals surface area contributed by atoms with Crippen LogP contribution in [0.1, 0.15) is 18.7 Å². The molecule has 1 aromatic carbocycles. The third kappa shape index (κ3) is 3.29. The second-order valence-electron chi connectivity index (χ2n) is 3.86. The maximum absolute atomic E-state index is 13.6. The summed E-state index contributed by atoms with van der Waals surface area (Å²) < 4.78 is 18.6. The van der Waals surface area contributed by atoms with E-state index < -0.39 is 11.8 Å². The van der Waals surface area contributed by atoms with Crippen LogP contribution in [-0.2, 0) is 11.2 Å². The van der Waals surface area contributed by atoms with Gasteiger partial charge in [0, 0.05) is 12.8 Å². The van der Waals surface area contributed by atoms with Gasteiger partial charge in [0.2, 0.25) is 11.7 Å². The maximum Gasteiger partial charge on any atom is 0.303 e. The van der Waals surface area contributed by atoms with Gasteiger partial charge in [-0.2, -0.15) is 4.98 Å². The van der Waals surface area contributed by atoms with Crippen LogP contribution in [0.3, 0.4) is 0 Å². The molecule has 0 aliphatic carbocycles. The summed E-state index contributed by atoms with van der Waals surface area (Å²) in [5.74, 6) is -1.11. The molecule has 0 fully saturated rings. The van der Waals surface area contributed by atoms with Gasteiger partial charge in [-0.25, -0.2) is 4.39 Å². The lowest BCUT2D eigenvalue weighted by Gasteiger charge is -1.99. The van der Waals surface area contributed by atoms with Gasteiger partial charge in [-0.05, 0) is 18.6 Å². The fourth-order valence-corrected chi connectivity index (χ4v) is 1.81. The predicted octanol–water partition coefficient (Wildman–Crippen LogP) is 2.94. The molecule has 0 unspecified atom stereocenters. The van der Waals surface area contributed by atoms with Crippen molar-refractivity contribution in [2.45, 2.75) is 19.3 Å². The van der Waals surface area contributed by atoms with Gasteiger partial charge in [0.1, 0.15) is 5.82 Å². The maximum atomic E-state index is 13.6. The first kappa shape index (κ1) is 13.5. The first-order valence-electron chi connectivity index (χ1n) is 5.56. The van der Waals surface area contributed by atoms with Crippen molar-refractivity contribution in [1.29, 1.82) is 0 Å². The third-order valence-corrected chi connectivity index (χ3v) is 2.75. The Labute approximate surface area is 113 Å². The molecule has 0 aliphatic heterocycles. The summed E-state index contributed by atoms with van der Waals surface area (Å²) in [5.41, 5.74) is 0.0809. The first-order chi connectivity index (χ1) is 9.08. The highest BCUT2D eigenvalue weighted by Crippen LogP contribution is 2.28. The molecular formula is C12H10ClFN2O3. The third-order valence-electron chi connectivity index (χ3n) is 2.44. The fraction of sp³-hybridized carbons (Fsp3) is 0.250. The van der Waals surface area contributed by atoms with E-state index in [2.05, 4.69) is 10.1 Å². The number of aliphatic carboxylic acids is 1. The zero-order chi connectivity index (χ0) is 13.8. The SMILES string of the molecule is O=C(O)CCCc1nc(-c2c(F)cccc2Cl)no1. The molecule has 0 aliphatic rings. The summed E-state index contributed by atoms with van der Waals surface area (Å²) in [4.78, 5) is 14.4. The summed E-state index contributed by atoms with van der Waals surface area (Å²) in [6, 6.07) is 4.26. The van der Waals surface area contributed by atoms with Crippen molar-refractivity contribution in [3.8, 4) is 11.4 Å². The van der Waals surface area contributed by atoms with Crippen LogP contribution in [0, 0.1) is 5.82 Å². The van der Waals surface area contributed by atoms with Crippen molar-refractivity contribution in [3.05, 3.63) is 34.9 Å². The number of aromatic nitrogens is 2. The summed E-state index contributed by atoms with van der Waals surface area (Å²) in [5, 5.41) is 12.4. The highest BCUT2D eigenvalue weighted by molar-refractivity contribution is 6.33. The van der Waals surface area contributed by atoms with Crippen LogP contribution < -0.4 is 0 Å². The van der Waals surface area contributed by atoms with Crippen molar-refractivity contribution < 1.29 is 18.8 Å². The van der Waals surface area contributed by atoms with E-state index in [4.69, 9.17) is 21.2 Å². The van der Waals surface area contributed by atoms with E-state index in [-0.39, 0.29) is 28.7 Å². The number of carboxylic acids is 1. The Hall–Kier alpha value is -1.95. The van der Waals surface area contributed by atoms with Crippen LogP contribution in [0.25, 0.3) is 11.4 Å². The minimum absolute atomic E-state index is 0.0121. The van der Waals surface area contributed by atoms with Crippen molar-refractivity contribution in [2.24, 2.45) is 0 Å². The van der Waals surface area contributed by atoms with Gasteiger partial charge >= 0.3 is 5.97 Å². The Bertz CT molecular complexity index is 580. The normalized spacial score (nSPS) is 10.6. The average Bonchev–Trinajstić information content (AvgIpc) is 2.77. The Morgan fingerprint density at radius 3 is 2.95 bits per heavy atom. The summed E-state index contributed by atoms with van der Waals surface area (Å²) in [6.45, 7) is 0. The fourth-order valence-electron chi connectivity index (χ4n) is 1.56. The zero-order valence-corrected chi connectivity index (χ0v) is 10.5. The van der Waals surface area contributed by atoms with E-state index in [1.54, 1.807) is 0 Å². The molecule has 1 heterocycles. The van der Waals surface area contributed by atoms with Gasteiger partial charge < -0.3 is 9.63 Å². The molecule has 0 saturated carbocycles. The molecule has 7 heteroatoms.